The van der Waals surface area contributed by atoms with Crippen LogP contribution in [0.2, 0.25) is 0 Å². The van der Waals surface area contributed by atoms with Crippen LogP contribution >= 0.6 is 0 Å². The maximum absolute atomic E-state index is 11.5. The molecule has 0 fully saturated rings. The van der Waals surface area contributed by atoms with E-state index in [0.717, 1.165) is 32.7 Å². The van der Waals surface area contributed by atoms with E-state index in [1.807, 2.05) is 36.4 Å². The van der Waals surface area contributed by atoms with Crippen LogP contribution in [0.25, 0.3) is 32.7 Å². The van der Waals surface area contributed by atoms with Gasteiger partial charge in [-0.25, -0.2) is 0 Å². The first-order valence-electron chi connectivity index (χ1n) is 10.5. The van der Waals surface area contributed by atoms with E-state index < -0.39 is 0 Å². The maximum Gasteiger partial charge on any atom is 0.127 e. The zero-order valence-electron chi connectivity index (χ0n) is 18.7. The molecule has 0 heterocycles. The van der Waals surface area contributed by atoms with Crippen molar-refractivity contribution in [2.24, 2.45) is 0 Å². The summed E-state index contributed by atoms with van der Waals surface area (Å²) < 4.78 is 0. The summed E-state index contributed by atoms with van der Waals surface area (Å²) in [7, 11) is 0. The summed E-state index contributed by atoms with van der Waals surface area (Å²) in [4.78, 5) is 0. The van der Waals surface area contributed by atoms with E-state index in [-0.39, 0.29) is 22.3 Å². The van der Waals surface area contributed by atoms with Crippen LogP contribution in [0, 0.1) is 0 Å². The quantitative estimate of drug-likeness (QED) is 0.345. The molecule has 0 aromatic heterocycles. The Labute approximate surface area is 178 Å². The lowest BCUT2D eigenvalue weighted by molar-refractivity contribution is 0.442. The Morgan fingerprint density at radius 2 is 0.867 bits per heavy atom. The monoisotopic (exact) mass is 398 g/mol. The van der Waals surface area contributed by atoms with Crippen molar-refractivity contribution < 1.29 is 10.2 Å². The standard InChI is InChI=1S/C28H30O2/c1-27(2,3)21-15-17-11-7-9-13-19(17)23(25(21)29)24-20-14-10-8-12-18(20)16-22(26(24)30)28(4,5)6/h7-16,29-30H,1-6H3. The van der Waals surface area contributed by atoms with Gasteiger partial charge in [0.1, 0.15) is 11.5 Å². The molecule has 30 heavy (non-hydrogen) atoms. The van der Waals surface area contributed by atoms with Gasteiger partial charge >= 0.3 is 0 Å². The maximum atomic E-state index is 11.5. The molecule has 4 aromatic rings. The smallest absolute Gasteiger partial charge is 0.127 e. The third-order valence-corrected chi connectivity index (χ3v) is 5.91. The molecule has 0 radical (unpaired) electrons. The van der Waals surface area contributed by atoms with Crippen molar-refractivity contribution in [1.82, 2.24) is 0 Å². The minimum absolute atomic E-state index is 0.240. The largest absolute Gasteiger partial charge is 0.507 e. The van der Waals surface area contributed by atoms with Crippen LogP contribution in [-0.2, 0) is 10.8 Å². The van der Waals surface area contributed by atoms with Gasteiger partial charge in [-0.1, -0.05) is 90.1 Å². The minimum Gasteiger partial charge on any atom is -0.507 e. The van der Waals surface area contributed by atoms with Crippen molar-refractivity contribution >= 4 is 21.5 Å². The topological polar surface area (TPSA) is 40.5 Å². The van der Waals surface area contributed by atoms with Crippen LogP contribution in [0.4, 0.5) is 0 Å². The zero-order chi connectivity index (χ0) is 21.8. The third-order valence-electron chi connectivity index (χ3n) is 5.91. The van der Waals surface area contributed by atoms with E-state index in [1.165, 1.54) is 0 Å². The normalized spacial score (nSPS) is 12.6. The van der Waals surface area contributed by atoms with Gasteiger partial charge < -0.3 is 10.2 Å². The number of rotatable bonds is 1. The van der Waals surface area contributed by atoms with Crippen molar-refractivity contribution in [3.05, 3.63) is 71.8 Å². The average molecular weight is 399 g/mol. The first-order chi connectivity index (χ1) is 14.0. The third kappa shape index (κ3) is 3.21. The molecule has 0 aliphatic heterocycles. The highest BCUT2D eigenvalue weighted by atomic mass is 16.3. The van der Waals surface area contributed by atoms with E-state index in [9.17, 15) is 10.2 Å². The molecular weight excluding hydrogens is 368 g/mol. The van der Waals surface area contributed by atoms with E-state index >= 15 is 0 Å². The summed E-state index contributed by atoms with van der Waals surface area (Å²) >= 11 is 0. The predicted molar refractivity (Wildman–Crippen MR) is 128 cm³/mol. The second-order valence-corrected chi connectivity index (χ2v) is 10.2. The first-order valence-corrected chi connectivity index (χ1v) is 10.5. The van der Waals surface area contributed by atoms with Crippen LogP contribution in [0.3, 0.4) is 0 Å². The lowest BCUT2D eigenvalue weighted by atomic mass is 9.79. The molecule has 0 aliphatic rings. The van der Waals surface area contributed by atoms with Crippen molar-refractivity contribution in [3.8, 4) is 22.6 Å². The Kier molecular flexibility index (Phi) is 4.58. The van der Waals surface area contributed by atoms with Crippen molar-refractivity contribution in [2.45, 2.75) is 52.4 Å². The fraction of sp³-hybridized carbons (Fsp3) is 0.286. The predicted octanol–water partition coefficient (Wildman–Crippen LogP) is 7.67. The molecule has 0 aliphatic carbocycles. The molecular formula is C28H30O2. The molecule has 0 spiro atoms. The second kappa shape index (κ2) is 6.77. The number of fused-ring (bicyclic) bond motifs is 2. The molecule has 0 amide bonds. The van der Waals surface area contributed by atoms with E-state index in [4.69, 9.17) is 0 Å². The van der Waals surface area contributed by atoms with E-state index in [2.05, 4.69) is 65.8 Å². The van der Waals surface area contributed by atoms with Crippen LogP contribution < -0.4 is 0 Å². The van der Waals surface area contributed by atoms with Crippen LogP contribution in [-0.4, -0.2) is 10.2 Å². The highest BCUT2D eigenvalue weighted by molar-refractivity contribution is 6.10. The second-order valence-electron chi connectivity index (χ2n) is 10.2. The van der Waals surface area contributed by atoms with Crippen LogP contribution in [0.15, 0.2) is 60.7 Å². The average Bonchev–Trinajstić information content (AvgIpc) is 2.66. The van der Waals surface area contributed by atoms with Crippen LogP contribution in [0.1, 0.15) is 52.7 Å². The van der Waals surface area contributed by atoms with E-state index in [0.29, 0.717) is 11.1 Å². The molecule has 4 aromatic carbocycles. The van der Waals surface area contributed by atoms with Crippen molar-refractivity contribution in [3.63, 3.8) is 0 Å². The number of aromatic hydroxyl groups is 2. The lowest BCUT2D eigenvalue weighted by Gasteiger charge is -2.27. The Morgan fingerprint density at radius 1 is 0.533 bits per heavy atom. The highest BCUT2D eigenvalue weighted by Gasteiger charge is 2.28. The Bertz CT molecular complexity index is 1170. The number of hydrogen-bond acceptors (Lipinski definition) is 2. The lowest BCUT2D eigenvalue weighted by Crippen LogP contribution is -2.13. The summed E-state index contributed by atoms with van der Waals surface area (Å²) in [6.07, 6.45) is 0. The van der Waals surface area contributed by atoms with Gasteiger partial charge in [-0.3, -0.25) is 0 Å². The van der Waals surface area contributed by atoms with Gasteiger partial charge in [0.25, 0.3) is 0 Å². The molecule has 2 N–H and O–H groups in total. The van der Waals surface area contributed by atoms with E-state index in [1.54, 1.807) is 0 Å². The molecule has 4 rings (SSSR count). The molecule has 0 unspecified atom stereocenters. The zero-order valence-corrected chi connectivity index (χ0v) is 18.7. The Hall–Kier alpha value is -3.00. The molecule has 2 heteroatoms. The van der Waals surface area contributed by atoms with Gasteiger partial charge in [0.15, 0.2) is 0 Å². The Morgan fingerprint density at radius 3 is 1.20 bits per heavy atom. The molecule has 0 atom stereocenters. The van der Waals surface area contributed by atoms with Crippen molar-refractivity contribution in [1.29, 1.82) is 0 Å². The molecule has 0 bridgehead atoms. The van der Waals surface area contributed by atoms with Gasteiger partial charge in [0.2, 0.25) is 0 Å². The highest BCUT2D eigenvalue weighted by Crippen LogP contribution is 2.50. The molecule has 2 nitrogen and oxygen atoms in total. The SMILES string of the molecule is CC(C)(C)c1cc2ccccc2c(-c2c(O)c(C(C)(C)C)cc3ccccc23)c1O. The molecule has 0 saturated carbocycles. The van der Waals surface area contributed by atoms with Gasteiger partial charge in [-0.05, 0) is 44.5 Å². The number of phenols is 2. The fourth-order valence-electron chi connectivity index (χ4n) is 4.32. The van der Waals surface area contributed by atoms with Gasteiger partial charge in [-0.15, -0.1) is 0 Å². The summed E-state index contributed by atoms with van der Waals surface area (Å²) in [5.74, 6) is 0.487. The minimum atomic E-state index is -0.240. The summed E-state index contributed by atoms with van der Waals surface area (Å²) in [6.45, 7) is 12.6. The number of hydrogen-bond donors (Lipinski definition) is 2. The van der Waals surface area contributed by atoms with Crippen LogP contribution in [0.5, 0.6) is 11.5 Å². The molecule has 154 valence electrons. The van der Waals surface area contributed by atoms with Gasteiger partial charge in [0.05, 0.1) is 0 Å². The van der Waals surface area contributed by atoms with Gasteiger partial charge in [0, 0.05) is 22.3 Å². The summed E-state index contributed by atoms with van der Waals surface area (Å²) in [6, 6.07) is 20.3. The molecule has 0 saturated heterocycles. The number of phenolic OH excluding ortho intramolecular Hbond substituents is 2. The Balaban J connectivity index is 2.27. The summed E-state index contributed by atoms with van der Waals surface area (Å²) in [5, 5.41) is 27.1. The fourth-order valence-corrected chi connectivity index (χ4v) is 4.32. The first kappa shape index (κ1) is 20.3. The van der Waals surface area contributed by atoms with Crippen molar-refractivity contribution in [2.75, 3.05) is 0 Å². The summed E-state index contributed by atoms with van der Waals surface area (Å²) in [5.41, 5.74) is 2.68. The number of benzene rings is 4. The van der Waals surface area contributed by atoms with Gasteiger partial charge in [-0.2, -0.15) is 0 Å².